The summed E-state index contributed by atoms with van der Waals surface area (Å²) in [5.74, 6) is -0.232. The molecule has 1 aromatic heterocycles. The van der Waals surface area contributed by atoms with Crippen molar-refractivity contribution in [3.63, 3.8) is 0 Å². The lowest BCUT2D eigenvalue weighted by atomic mass is 10.3. The molecule has 19 heavy (non-hydrogen) atoms. The molecule has 0 unspecified atom stereocenters. The van der Waals surface area contributed by atoms with Gasteiger partial charge in [-0.05, 0) is 23.1 Å². The topological polar surface area (TPSA) is 85.3 Å². The highest BCUT2D eigenvalue weighted by Crippen LogP contribution is 2.14. The van der Waals surface area contributed by atoms with Crippen molar-refractivity contribution >= 4 is 29.5 Å². The summed E-state index contributed by atoms with van der Waals surface area (Å²) in [6, 6.07) is 7.05. The van der Waals surface area contributed by atoms with Gasteiger partial charge in [0.15, 0.2) is 5.69 Å². The smallest absolute Gasteiger partial charge is 0.390 e. The van der Waals surface area contributed by atoms with Crippen molar-refractivity contribution in [2.24, 2.45) is 12.1 Å². The molecule has 0 aliphatic heterocycles. The van der Waals surface area contributed by atoms with Crippen molar-refractivity contribution in [2.45, 2.75) is 0 Å². The highest BCUT2D eigenvalue weighted by Gasteiger charge is 2.15. The van der Waals surface area contributed by atoms with E-state index in [0.717, 1.165) is 5.69 Å². The minimum absolute atomic E-state index is 0.232. The number of nitrogens with one attached hydrogen (secondary N) is 1. The van der Waals surface area contributed by atoms with Crippen LogP contribution in [0.1, 0.15) is 5.69 Å². The van der Waals surface area contributed by atoms with E-state index < -0.39 is 4.92 Å². The molecule has 0 spiro atoms. The van der Waals surface area contributed by atoms with Gasteiger partial charge in [-0.1, -0.05) is 22.7 Å². The Balaban J connectivity index is 2.09. The molecule has 0 saturated heterocycles. The molecule has 0 bridgehead atoms. The van der Waals surface area contributed by atoms with Crippen LogP contribution in [0.5, 0.6) is 0 Å². The van der Waals surface area contributed by atoms with Crippen LogP contribution < -0.4 is 5.43 Å². The lowest BCUT2D eigenvalue weighted by Gasteiger charge is -1.99. The first-order chi connectivity index (χ1) is 9.08. The van der Waals surface area contributed by atoms with E-state index in [9.17, 15) is 10.1 Å². The van der Waals surface area contributed by atoms with Gasteiger partial charge in [0, 0.05) is 5.02 Å². The van der Waals surface area contributed by atoms with E-state index in [1.807, 2.05) is 0 Å². The molecule has 0 aliphatic carbocycles. The van der Waals surface area contributed by atoms with Crippen LogP contribution in [0.25, 0.3) is 0 Å². The van der Waals surface area contributed by atoms with Crippen molar-refractivity contribution in [3.05, 3.63) is 51.3 Å². The van der Waals surface area contributed by atoms with Crippen molar-refractivity contribution in [1.82, 2.24) is 9.55 Å². The maximum absolute atomic E-state index is 10.6. The van der Waals surface area contributed by atoms with Gasteiger partial charge in [0.05, 0.1) is 18.9 Å². The number of benzene rings is 1. The van der Waals surface area contributed by atoms with E-state index in [0.29, 0.717) is 10.7 Å². The summed E-state index contributed by atoms with van der Waals surface area (Å²) in [7, 11) is 1.55. The van der Waals surface area contributed by atoms with Crippen LogP contribution in [0.3, 0.4) is 0 Å². The SMILES string of the molecule is Cn1c(C=NNc2cccc(Cl)c2)cnc1[N+](=O)[O-]. The number of hydrazone groups is 1. The first-order valence-electron chi connectivity index (χ1n) is 5.28. The predicted octanol–water partition coefficient (Wildman–Crippen LogP) is 2.43. The molecule has 8 heteroatoms. The average Bonchev–Trinajstić information content (AvgIpc) is 2.71. The second kappa shape index (κ2) is 5.49. The summed E-state index contributed by atoms with van der Waals surface area (Å²) < 4.78 is 1.34. The largest absolute Gasteiger partial charge is 0.434 e. The first-order valence-corrected chi connectivity index (χ1v) is 5.66. The fraction of sp³-hybridized carbons (Fsp3) is 0.0909. The second-order valence-corrected chi connectivity index (χ2v) is 4.12. The minimum atomic E-state index is -0.554. The van der Waals surface area contributed by atoms with Gasteiger partial charge in [-0.15, -0.1) is 0 Å². The van der Waals surface area contributed by atoms with Crippen LogP contribution in [0, 0.1) is 10.1 Å². The Morgan fingerprint density at radius 1 is 1.58 bits per heavy atom. The molecule has 2 aromatic rings. The Morgan fingerprint density at radius 2 is 2.37 bits per heavy atom. The van der Waals surface area contributed by atoms with Gasteiger partial charge < -0.3 is 10.1 Å². The maximum atomic E-state index is 10.6. The molecule has 2 rings (SSSR count). The molecule has 98 valence electrons. The number of rotatable bonds is 4. The highest BCUT2D eigenvalue weighted by molar-refractivity contribution is 6.30. The van der Waals surface area contributed by atoms with Crippen LogP contribution in [0.15, 0.2) is 35.6 Å². The summed E-state index contributed by atoms with van der Waals surface area (Å²) in [6.45, 7) is 0. The number of anilines is 1. The van der Waals surface area contributed by atoms with E-state index in [1.165, 1.54) is 17.0 Å². The normalized spacial score (nSPS) is 10.8. The zero-order valence-corrected chi connectivity index (χ0v) is 10.7. The van der Waals surface area contributed by atoms with Crippen LogP contribution in [0.2, 0.25) is 5.02 Å². The van der Waals surface area contributed by atoms with Gasteiger partial charge in [0.25, 0.3) is 0 Å². The first kappa shape index (κ1) is 13.0. The number of halogens is 1. The molecule has 0 radical (unpaired) electrons. The van der Waals surface area contributed by atoms with Gasteiger partial charge in [0.2, 0.25) is 0 Å². The zero-order valence-electron chi connectivity index (χ0n) is 9.95. The fourth-order valence-corrected chi connectivity index (χ4v) is 1.62. The van der Waals surface area contributed by atoms with Gasteiger partial charge >= 0.3 is 5.95 Å². The van der Waals surface area contributed by atoms with Crippen LogP contribution in [-0.2, 0) is 7.05 Å². The average molecular weight is 280 g/mol. The summed E-state index contributed by atoms with van der Waals surface area (Å²) >= 11 is 5.82. The number of aromatic nitrogens is 2. The van der Waals surface area contributed by atoms with Crippen molar-refractivity contribution < 1.29 is 4.92 Å². The Kier molecular flexibility index (Phi) is 3.76. The van der Waals surface area contributed by atoms with Crippen molar-refractivity contribution in [1.29, 1.82) is 0 Å². The Hall–Kier alpha value is -2.41. The van der Waals surface area contributed by atoms with E-state index >= 15 is 0 Å². The summed E-state index contributed by atoms with van der Waals surface area (Å²) in [5, 5.41) is 15.2. The molecule has 1 N–H and O–H groups in total. The van der Waals surface area contributed by atoms with Gasteiger partial charge in [-0.2, -0.15) is 5.10 Å². The standard InChI is InChI=1S/C11H10ClN5O2/c1-16-10(6-13-11(16)17(18)19)7-14-15-9-4-2-3-8(12)5-9/h2-7,15H,1H3. The number of nitro groups is 1. The number of hydrogen-bond acceptors (Lipinski definition) is 5. The molecule has 7 nitrogen and oxygen atoms in total. The summed E-state index contributed by atoms with van der Waals surface area (Å²) in [5.41, 5.74) is 4.01. The number of imidazole rings is 1. The molecule has 0 saturated carbocycles. The molecule has 0 amide bonds. The van der Waals surface area contributed by atoms with Gasteiger partial charge in [0.1, 0.15) is 6.20 Å². The molecule has 1 heterocycles. The predicted molar refractivity (Wildman–Crippen MR) is 72.5 cm³/mol. The molecule has 0 aliphatic rings. The third-order valence-electron chi connectivity index (χ3n) is 2.38. The van der Waals surface area contributed by atoms with E-state index in [1.54, 1.807) is 31.3 Å². The Morgan fingerprint density at radius 3 is 3.00 bits per heavy atom. The lowest BCUT2D eigenvalue weighted by molar-refractivity contribution is -0.396. The number of hydrogen-bond donors (Lipinski definition) is 1. The van der Waals surface area contributed by atoms with Gasteiger partial charge in [-0.25, -0.2) is 4.57 Å². The maximum Gasteiger partial charge on any atom is 0.434 e. The zero-order chi connectivity index (χ0) is 13.8. The van der Waals surface area contributed by atoms with Crippen LogP contribution in [0.4, 0.5) is 11.6 Å². The van der Waals surface area contributed by atoms with E-state index in [-0.39, 0.29) is 5.95 Å². The fourth-order valence-electron chi connectivity index (χ4n) is 1.43. The third-order valence-corrected chi connectivity index (χ3v) is 2.61. The van der Waals surface area contributed by atoms with Gasteiger partial charge in [-0.3, -0.25) is 5.43 Å². The van der Waals surface area contributed by atoms with E-state index in [2.05, 4.69) is 15.5 Å². The van der Waals surface area contributed by atoms with Crippen LogP contribution in [-0.4, -0.2) is 20.7 Å². The Bertz CT molecular complexity index is 638. The van der Waals surface area contributed by atoms with E-state index in [4.69, 9.17) is 11.6 Å². The Labute approximate surface area is 113 Å². The molecular weight excluding hydrogens is 270 g/mol. The number of nitrogens with zero attached hydrogens (tertiary/aromatic N) is 4. The molecular formula is C11H10ClN5O2. The molecule has 0 fully saturated rings. The van der Waals surface area contributed by atoms with Crippen LogP contribution >= 0.6 is 11.6 Å². The van der Waals surface area contributed by atoms with Crippen molar-refractivity contribution in [2.75, 3.05) is 5.43 Å². The summed E-state index contributed by atoms with van der Waals surface area (Å²) in [6.07, 6.45) is 2.82. The monoisotopic (exact) mass is 279 g/mol. The van der Waals surface area contributed by atoms with Crippen molar-refractivity contribution in [3.8, 4) is 0 Å². The lowest BCUT2D eigenvalue weighted by Crippen LogP contribution is -2.02. The molecule has 1 aromatic carbocycles. The third kappa shape index (κ3) is 3.08. The minimum Gasteiger partial charge on any atom is -0.390 e. The second-order valence-electron chi connectivity index (χ2n) is 3.68. The quantitative estimate of drug-likeness (QED) is 0.529. The molecule has 0 atom stereocenters. The highest BCUT2D eigenvalue weighted by atomic mass is 35.5. The summed E-state index contributed by atoms with van der Waals surface area (Å²) in [4.78, 5) is 13.7.